The lowest BCUT2D eigenvalue weighted by Gasteiger charge is -2.27. The molecule has 0 spiro atoms. The van der Waals surface area contributed by atoms with E-state index < -0.39 is 43.0 Å². The SMILES string of the molecule is NNC(=O)[C@@H](O)[C@@H](O)[C@@H](O)[C@@H](O)[C@H](O)CO. The van der Waals surface area contributed by atoms with E-state index in [0.717, 1.165) is 0 Å². The second-order valence-electron chi connectivity index (χ2n) is 3.18. The molecule has 0 aliphatic rings. The van der Waals surface area contributed by atoms with Gasteiger partial charge < -0.3 is 30.6 Å². The van der Waals surface area contributed by atoms with Crippen molar-refractivity contribution in [2.24, 2.45) is 5.84 Å². The Morgan fingerprint density at radius 2 is 1.56 bits per heavy atom. The molecule has 0 heterocycles. The van der Waals surface area contributed by atoms with Gasteiger partial charge in [-0.25, -0.2) is 5.84 Å². The molecule has 0 saturated carbocycles. The number of amides is 1. The summed E-state index contributed by atoms with van der Waals surface area (Å²) < 4.78 is 0. The van der Waals surface area contributed by atoms with Crippen LogP contribution in [0.2, 0.25) is 0 Å². The van der Waals surface area contributed by atoms with Gasteiger partial charge in [0.2, 0.25) is 0 Å². The summed E-state index contributed by atoms with van der Waals surface area (Å²) in [6, 6.07) is 0. The van der Waals surface area contributed by atoms with Gasteiger partial charge in [-0.1, -0.05) is 0 Å². The third-order valence-corrected chi connectivity index (χ3v) is 2.02. The zero-order valence-electron chi connectivity index (χ0n) is 8.26. The largest absolute Gasteiger partial charge is 0.394 e. The topological polar surface area (TPSA) is 176 Å². The molecule has 9 nitrogen and oxygen atoms in total. The van der Waals surface area contributed by atoms with E-state index >= 15 is 0 Å². The van der Waals surface area contributed by atoms with Crippen molar-refractivity contribution in [3.63, 3.8) is 0 Å². The maximum atomic E-state index is 10.8. The highest BCUT2D eigenvalue weighted by atomic mass is 16.4. The highest BCUT2D eigenvalue weighted by Gasteiger charge is 2.36. The van der Waals surface area contributed by atoms with Gasteiger partial charge in [0.15, 0.2) is 6.10 Å². The molecule has 96 valence electrons. The average Bonchev–Trinajstić information content (AvgIpc) is 2.32. The van der Waals surface area contributed by atoms with E-state index in [-0.39, 0.29) is 0 Å². The standard InChI is InChI=1S/C7H16N2O7/c8-9-7(16)6(15)5(14)4(13)3(12)2(11)1-10/h2-6,10-15H,1,8H2,(H,9,16)/t2-,3+,4+,5+,6+/m1/s1. The van der Waals surface area contributed by atoms with Crippen molar-refractivity contribution in [2.45, 2.75) is 30.5 Å². The van der Waals surface area contributed by atoms with Crippen LogP contribution in [-0.2, 0) is 4.79 Å². The number of nitrogens with one attached hydrogen (secondary N) is 1. The van der Waals surface area contributed by atoms with Gasteiger partial charge in [0.25, 0.3) is 5.91 Å². The zero-order chi connectivity index (χ0) is 12.9. The lowest BCUT2D eigenvalue weighted by molar-refractivity contribution is -0.156. The number of hydrazine groups is 1. The molecule has 9 heteroatoms. The summed E-state index contributed by atoms with van der Waals surface area (Å²) in [5.41, 5.74) is 1.53. The Kier molecular flexibility index (Phi) is 6.36. The van der Waals surface area contributed by atoms with E-state index in [9.17, 15) is 15.0 Å². The molecule has 0 radical (unpaired) electrons. The predicted molar refractivity (Wildman–Crippen MR) is 49.4 cm³/mol. The number of carbonyl (C=O) groups excluding carboxylic acids is 1. The van der Waals surface area contributed by atoms with E-state index in [1.165, 1.54) is 5.43 Å². The van der Waals surface area contributed by atoms with Gasteiger partial charge in [-0.05, 0) is 0 Å². The molecule has 0 unspecified atom stereocenters. The summed E-state index contributed by atoms with van der Waals surface area (Å²) >= 11 is 0. The summed E-state index contributed by atoms with van der Waals surface area (Å²) in [6.07, 6.45) is -9.77. The molecule has 1 amide bonds. The number of hydrogen-bond acceptors (Lipinski definition) is 8. The summed E-state index contributed by atoms with van der Waals surface area (Å²) in [5.74, 6) is 3.50. The number of hydrogen-bond donors (Lipinski definition) is 8. The van der Waals surface area contributed by atoms with Gasteiger partial charge in [-0.3, -0.25) is 10.2 Å². The van der Waals surface area contributed by atoms with Crippen LogP contribution in [0.5, 0.6) is 0 Å². The zero-order valence-corrected chi connectivity index (χ0v) is 8.26. The molecule has 0 bridgehead atoms. The van der Waals surface area contributed by atoms with Gasteiger partial charge in [0, 0.05) is 0 Å². The molecule has 0 aliphatic heterocycles. The van der Waals surface area contributed by atoms with Gasteiger partial charge in [0.1, 0.15) is 24.4 Å². The molecule has 0 rings (SSSR count). The minimum atomic E-state index is -2.07. The first kappa shape index (κ1) is 15.2. The van der Waals surface area contributed by atoms with Crippen LogP contribution < -0.4 is 11.3 Å². The van der Waals surface area contributed by atoms with E-state index in [0.29, 0.717) is 0 Å². The minimum Gasteiger partial charge on any atom is -0.394 e. The van der Waals surface area contributed by atoms with Crippen molar-refractivity contribution in [2.75, 3.05) is 6.61 Å². The predicted octanol–water partition coefficient (Wildman–Crippen LogP) is -5.23. The fourth-order valence-electron chi connectivity index (χ4n) is 0.965. The summed E-state index contributed by atoms with van der Waals surface area (Å²) in [4.78, 5) is 10.8. The lowest BCUT2D eigenvalue weighted by atomic mass is 9.99. The molecular weight excluding hydrogens is 224 g/mol. The first-order valence-electron chi connectivity index (χ1n) is 4.38. The smallest absolute Gasteiger partial charge is 0.265 e. The number of aliphatic hydroxyl groups excluding tert-OH is 6. The quantitative estimate of drug-likeness (QED) is 0.129. The Morgan fingerprint density at radius 3 is 1.94 bits per heavy atom. The molecule has 0 aromatic rings. The van der Waals surface area contributed by atoms with Crippen molar-refractivity contribution >= 4 is 5.91 Å². The Bertz CT molecular complexity index is 227. The van der Waals surface area contributed by atoms with Crippen LogP contribution in [0.1, 0.15) is 0 Å². The fraction of sp³-hybridized carbons (Fsp3) is 0.857. The van der Waals surface area contributed by atoms with Crippen molar-refractivity contribution in [1.29, 1.82) is 0 Å². The van der Waals surface area contributed by atoms with Gasteiger partial charge >= 0.3 is 0 Å². The molecule has 16 heavy (non-hydrogen) atoms. The van der Waals surface area contributed by atoms with E-state index in [1.54, 1.807) is 0 Å². The first-order chi connectivity index (χ1) is 7.36. The highest BCUT2D eigenvalue weighted by molar-refractivity contribution is 5.80. The Labute approximate surface area is 90.7 Å². The van der Waals surface area contributed by atoms with E-state index in [4.69, 9.17) is 20.4 Å². The van der Waals surface area contributed by atoms with Gasteiger partial charge in [0.05, 0.1) is 6.61 Å². The monoisotopic (exact) mass is 240 g/mol. The van der Waals surface area contributed by atoms with Crippen molar-refractivity contribution in [3.05, 3.63) is 0 Å². The molecule has 0 aromatic heterocycles. The van der Waals surface area contributed by atoms with Gasteiger partial charge in [-0.15, -0.1) is 0 Å². The molecule has 0 aromatic carbocycles. The Hall–Kier alpha value is -0.810. The first-order valence-corrected chi connectivity index (χ1v) is 4.38. The van der Waals surface area contributed by atoms with Crippen molar-refractivity contribution in [3.8, 4) is 0 Å². The summed E-state index contributed by atoms with van der Waals surface area (Å²) in [5, 5.41) is 54.2. The Morgan fingerprint density at radius 1 is 1.06 bits per heavy atom. The molecule has 0 saturated heterocycles. The number of aliphatic hydroxyl groups is 6. The molecule has 0 fully saturated rings. The van der Waals surface area contributed by atoms with Crippen LogP contribution in [0.25, 0.3) is 0 Å². The van der Waals surface area contributed by atoms with Crippen LogP contribution in [-0.4, -0.2) is 73.7 Å². The molecule has 0 aliphatic carbocycles. The maximum absolute atomic E-state index is 10.8. The van der Waals surface area contributed by atoms with Crippen LogP contribution in [0, 0.1) is 0 Å². The number of nitrogens with two attached hydrogens (primary N) is 1. The second kappa shape index (κ2) is 6.70. The molecular formula is C7H16N2O7. The minimum absolute atomic E-state index is 0.857. The molecule has 5 atom stereocenters. The van der Waals surface area contributed by atoms with Gasteiger partial charge in [-0.2, -0.15) is 0 Å². The van der Waals surface area contributed by atoms with Crippen LogP contribution >= 0.6 is 0 Å². The van der Waals surface area contributed by atoms with Crippen molar-refractivity contribution < 1.29 is 35.4 Å². The second-order valence-corrected chi connectivity index (χ2v) is 3.18. The van der Waals surface area contributed by atoms with E-state index in [2.05, 4.69) is 5.84 Å². The van der Waals surface area contributed by atoms with Crippen LogP contribution in [0.4, 0.5) is 0 Å². The van der Waals surface area contributed by atoms with Crippen LogP contribution in [0.3, 0.4) is 0 Å². The van der Waals surface area contributed by atoms with Crippen LogP contribution in [0.15, 0.2) is 0 Å². The third-order valence-electron chi connectivity index (χ3n) is 2.02. The van der Waals surface area contributed by atoms with Crippen molar-refractivity contribution in [1.82, 2.24) is 5.43 Å². The number of carbonyl (C=O) groups is 1. The lowest BCUT2D eigenvalue weighted by Crippen LogP contribution is -2.54. The highest BCUT2D eigenvalue weighted by Crippen LogP contribution is 2.08. The number of rotatable bonds is 6. The normalized spacial score (nSPS) is 20.7. The summed E-state index contributed by atoms with van der Waals surface area (Å²) in [6.45, 7) is -0.857. The fourth-order valence-corrected chi connectivity index (χ4v) is 0.965. The molecule has 9 N–H and O–H groups in total. The third kappa shape index (κ3) is 3.64. The summed E-state index contributed by atoms with van der Waals surface area (Å²) in [7, 11) is 0. The Balaban J connectivity index is 4.47. The maximum Gasteiger partial charge on any atom is 0.265 e. The average molecular weight is 240 g/mol. The van der Waals surface area contributed by atoms with E-state index in [1.807, 2.05) is 0 Å².